The molecular weight excluding hydrogens is 302 g/mol. The van der Waals surface area contributed by atoms with Gasteiger partial charge in [-0.25, -0.2) is 4.57 Å². The first kappa shape index (κ1) is 14.2. The molecule has 0 unspecified atom stereocenters. The number of allylic oxidation sites excluding steroid dienone is 2. The Morgan fingerprint density at radius 3 is 2.96 bits per heavy atom. The van der Waals surface area contributed by atoms with E-state index in [1.54, 1.807) is 11.3 Å². The summed E-state index contributed by atoms with van der Waals surface area (Å²) in [4.78, 5) is 6.94. The van der Waals surface area contributed by atoms with Crippen molar-refractivity contribution in [2.24, 2.45) is 7.05 Å². The quantitative estimate of drug-likeness (QED) is 0.633. The number of thiazole rings is 1. The SMILES string of the molecule is Cc1cc2sc(/C=C3\C=CN(C)c4ccccc43)nc2[n+](C)c1. The molecule has 2 aromatic heterocycles. The Bertz CT molecular complexity index is 966. The minimum atomic E-state index is 1.04. The Morgan fingerprint density at radius 2 is 2.09 bits per heavy atom. The molecule has 4 rings (SSSR count). The molecule has 4 heteroatoms. The fourth-order valence-electron chi connectivity index (χ4n) is 3.01. The van der Waals surface area contributed by atoms with E-state index < -0.39 is 0 Å². The number of aromatic nitrogens is 2. The highest BCUT2D eigenvalue weighted by Gasteiger charge is 2.17. The van der Waals surface area contributed by atoms with E-state index in [9.17, 15) is 0 Å². The summed E-state index contributed by atoms with van der Waals surface area (Å²) in [6, 6.07) is 10.7. The zero-order valence-corrected chi connectivity index (χ0v) is 14.3. The monoisotopic (exact) mass is 320 g/mol. The molecular formula is C19H18N3S+. The molecule has 0 fully saturated rings. The first-order chi connectivity index (χ1) is 11.1. The van der Waals surface area contributed by atoms with Crippen LogP contribution in [0, 0.1) is 6.92 Å². The molecule has 0 aliphatic carbocycles. The Hall–Kier alpha value is -2.46. The van der Waals surface area contributed by atoms with Gasteiger partial charge in [0.15, 0.2) is 0 Å². The standard InChI is InChI=1S/C19H18N3S/c1-13-10-17-19(22(3)12-13)20-18(23-17)11-14-8-9-21(2)16-7-5-4-6-15(14)16/h4-12H,1-3H3/q+1. The van der Waals surface area contributed by atoms with E-state index in [2.05, 4.69) is 85.4 Å². The van der Waals surface area contributed by atoms with E-state index in [4.69, 9.17) is 4.98 Å². The van der Waals surface area contributed by atoms with Crippen LogP contribution in [-0.2, 0) is 7.05 Å². The van der Waals surface area contributed by atoms with Crippen molar-refractivity contribution in [3.05, 3.63) is 64.9 Å². The maximum atomic E-state index is 4.80. The van der Waals surface area contributed by atoms with Crippen LogP contribution in [0.25, 0.3) is 22.0 Å². The van der Waals surface area contributed by atoms with Gasteiger partial charge < -0.3 is 4.90 Å². The number of pyridine rings is 1. The Balaban J connectivity index is 1.85. The minimum absolute atomic E-state index is 1.04. The second-order valence-electron chi connectivity index (χ2n) is 5.91. The molecule has 0 N–H and O–H groups in total. The third kappa shape index (κ3) is 2.45. The molecule has 0 saturated carbocycles. The van der Waals surface area contributed by atoms with Crippen LogP contribution in [0.15, 0.2) is 48.8 Å². The van der Waals surface area contributed by atoms with Gasteiger partial charge in [-0.15, -0.1) is 0 Å². The van der Waals surface area contributed by atoms with Gasteiger partial charge in [-0.1, -0.05) is 29.5 Å². The maximum absolute atomic E-state index is 4.80. The highest BCUT2D eigenvalue weighted by Crippen LogP contribution is 2.34. The number of nitrogens with zero attached hydrogens (tertiary/aromatic N) is 3. The maximum Gasteiger partial charge on any atom is 0.341 e. The molecule has 1 aliphatic rings. The molecule has 3 aromatic rings. The van der Waals surface area contributed by atoms with E-state index in [0.717, 1.165) is 10.7 Å². The third-order valence-corrected chi connectivity index (χ3v) is 5.03. The Labute approximate surface area is 139 Å². The second-order valence-corrected chi connectivity index (χ2v) is 6.97. The predicted molar refractivity (Wildman–Crippen MR) is 97.4 cm³/mol. The predicted octanol–water partition coefficient (Wildman–Crippen LogP) is 3.93. The van der Waals surface area contributed by atoms with Crippen LogP contribution in [0.1, 0.15) is 16.1 Å². The van der Waals surface area contributed by atoms with Gasteiger partial charge in [0.1, 0.15) is 4.70 Å². The topological polar surface area (TPSA) is 20.0 Å². The number of aryl methyl sites for hydroxylation is 2. The number of anilines is 1. The number of hydrogen-bond acceptors (Lipinski definition) is 3. The first-order valence-corrected chi connectivity index (χ1v) is 8.42. The van der Waals surface area contributed by atoms with Gasteiger partial charge in [0, 0.05) is 30.6 Å². The van der Waals surface area contributed by atoms with Gasteiger partial charge in [0.05, 0.1) is 13.2 Å². The summed E-state index contributed by atoms with van der Waals surface area (Å²) in [6.45, 7) is 2.12. The van der Waals surface area contributed by atoms with Crippen molar-refractivity contribution in [3.63, 3.8) is 0 Å². The third-order valence-electron chi connectivity index (χ3n) is 4.09. The molecule has 23 heavy (non-hydrogen) atoms. The van der Waals surface area contributed by atoms with Crippen molar-refractivity contribution in [2.45, 2.75) is 6.92 Å². The Morgan fingerprint density at radius 1 is 1.26 bits per heavy atom. The van der Waals surface area contributed by atoms with Crippen molar-refractivity contribution in [2.75, 3.05) is 11.9 Å². The lowest BCUT2D eigenvalue weighted by molar-refractivity contribution is -0.647. The summed E-state index contributed by atoms with van der Waals surface area (Å²) in [5.74, 6) is 0. The summed E-state index contributed by atoms with van der Waals surface area (Å²) >= 11 is 1.74. The van der Waals surface area contributed by atoms with Crippen molar-refractivity contribution in [1.82, 2.24) is 4.98 Å². The van der Waals surface area contributed by atoms with Gasteiger partial charge in [-0.3, -0.25) is 0 Å². The summed E-state index contributed by atoms with van der Waals surface area (Å²) in [7, 11) is 4.13. The summed E-state index contributed by atoms with van der Waals surface area (Å²) < 4.78 is 3.33. The summed E-state index contributed by atoms with van der Waals surface area (Å²) in [5, 5.41) is 1.04. The highest BCUT2D eigenvalue weighted by atomic mass is 32.1. The van der Waals surface area contributed by atoms with E-state index >= 15 is 0 Å². The van der Waals surface area contributed by atoms with Crippen molar-refractivity contribution >= 4 is 39.0 Å². The van der Waals surface area contributed by atoms with Gasteiger partial charge >= 0.3 is 5.65 Å². The molecule has 3 heterocycles. The van der Waals surface area contributed by atoms with Crippen LogP contribution in [0.2, 0.25) is 0 Å². The zero-order chi connectivity index (χ0) is 16.0. The molecule has 0 radical (unpaired) electrons. The first-order valence-electron chi connectivity index (χ1n) is 7.61. The fraction of sp³-hybridized carbons (Fsp3) is 0.158. The van der Waals surface area contributed by atoms with Crippen LogP contribution in [0.5, 0.6) is 0 Å². The lowest BCUT2D eigenvalue weighted by Gasteiger charge is -2.23. The number of hydrogen-bond donors (Lipinski definition) is 0. The second kappa shape index (κ2) is 5.32. The van der Waals surface area contributed by atoms with Crippen molar-refractivity contribution in [3.8, 4) is 0 Å². The molecule has 0 amide bonds. The van der Waals surface area contributed by atoms with Gasteiger partial charge in [-0.05, 0) is 41.3 Å². The average Bonchev–Trinajstić information content (AvgIpc) is 2.93. The van der Waals surface area contributed by atoms with E-state index in [1.165, 1.54) is 27.1 Å². The number of fused-ring (bicyclic) bond motifs is 2. The van der Waals surface area contributed by atoms with Gasteiger partial charge in [-0.2, -0.15) is 0 Å². The molecule has 0 atom stereocenters. The van der Waals surface area contributed by atoms with E-state index in [1.807, 2.05) is 0 Å². The normalized spacial score (nSPS) is 15.4. The molecule has 1 aromatic carbocycles. The summed E-state index contributed by atoms with van der Waals surface area (Å²) in [6.07, 6.45) is 8.55. The molecule has 1 aliphatic heterocycles. The van der Waals surface area contributed by atoms with Crippen LogP contribution < -0.4 is 9.47 Å². The summed E-state index contributed by atoms with van der Waals surface area (Å²) in [5.41, 5.74) is 5.98. The zero-order valence-electron chi connectivity index (χ0n) is 13.4. The van der Waals surface area contributed by atoms with Crippen LogP contribution in [-0.4, -0.2) is 12.0 Å². The van der Waals surface area contributed by atoms with Crippen LogP contribution in [0.4, 0.5) is 5.69 Å². The molecule has 0 spiro atoms. The largest absolute Gasteiger partial charge is 0.351 e. The van der Waals surface area contributed by atoms with Gasteiger partial charge in [0.25, 0.3) is 0 Å². The Kier molecular flexibility index (Phi) is 3.27. The van der Waals surface area contributed by atoms with Crippen molar-refractivity contribution in [1.29, 1.82) is 0 Å². The average molecular weight is 320 g/mol. The molecule has 3 nitrogen and oxygen atoms in total. The smallest absolute Gasteiger partial charge is 0.341 e. The number of benzene rings is 1. The molecule has 0 saturated heterocycles. The number of para-hydroxylation sites is 1. The van der Waals surface area contributed by atoms with Crippen LogP contribution >= 0.6 is 11.3 Å². The van der Waals surface area contributed by atoms with Crippen molar-refractivity contribution < 1.29 is 4.57 Å². The van der Waals surface area contributed by atoms with Gasteiger partial charge in [0.2, 0.25) is 5.01 Å². The lowest BCUT2D eigenvalue weighted by Crippen LogP contribution is -2.28. The highest BCUT2D eigenvalue weighted by molar-refractivity contribution is 7.19. The minimum Gasteiger partial charge on any atom is -0.351 e. The molecule has 114 valence electrons. The lowest BCUT2D eigenvalue weighted by atomic mass is 10.0. The fourth-order valence-corrected chi connectivity index (χ4v) is 4.08. The number of rotatable bonds is 1. The molecule has 0 bridgehead atoms. The van der Waals surface area contributed by atoms with E-state index in [-0.39, 0.29) is 0 Å². The van der Waals surface area contributed by atoms with Crippen LogP contribution in [0.3, 0.4) is 0 Å². The van der Waals surface area contributed by atoms with E-state index in [0.29, 0.717) is 0 Å².